The van der Waals surface area contributed by atoms with Crippen molar-refractivity contribution in [3.63, 3.8) is 0 Å². The molecule has 2 unspecified atom stereocenters. The number of nitriles is 1. The highest BCUT2D eigenvalue weighted by Gasteiger charge is 2.40. The van der Waals surface area contributed by atoms with Gasteiger partial charge in [-0.05, 0) is 60.3 Å². The van der Waals surface area contributed by atoms with Gasteiger partial charge >= 0.3 is 5.97 Å². The molecular weight excluding hydrogens is 408 g/mol. The minimum absolute atomic E-state index is 0.105. The molecule has 2 fully saturated rings. The summed E-state index contributed by atoms with van der Waals surface area (Å²) in [5.74, 6) is 6.21. The van der Waals surface area contributed by atoms with Gasteiger partial charge in [0.25, 0.3) is 0 Å². The average molecular weight is 437 g/mol. The molecule has 1 aromatic heterocycles. The van der Waals surface area contributed by atoms with E-state index in [9.17, 15) is 15.2 Å². The summed E-state index contributed by atoms with van der Waals surface area (Å²) in [4.78, 5) is 16.8. The van der Waals surface area contributed by atoms with Crippen molar-refractivity contribution in [3.05, 3.63) is 39.8 Å². The van der Waals surface area contributed by atoms with E-state index in [1.165, 1.54) is 4.88 Å². The molecule has 2 saturated heterocycles. The average Bonchev–Trinajstić information content (AvgIpc) is 3.36. The minimum atomic E-state index is -0.865. The lowest BCUT2D eigenvalue weighted by atomic mass is 9.76. The van der Waals surface area contributed by atoms with Crippen LogP contribution in [-0.4, -0.2) is 42.3 Å². The van der Waals surface area contributed by atoms with Gasteiger partial charge in [-0.2, -0.15) is 5.26 Å². The number of carboxylic acids is 1. The van der Waals surface area contributed by atoms with Gasteiger partial charge < -0.3 is 10.0 Å². The van der Waals surface area contributed by atoms with Gasteiger partial charge in [-0.15, -0.1) is 11.3 Å². The summed E-state index contributed by atoms with van der Waals surface area (Å²) in [6, 6.07) is 7.97. The summed E-state index contributed by atoms with van der Waals surface area (Å²) in [7, 11) is 0. The Bertz CT molecular complexity index is 1090. The summed E-state index contributed by atoms with van der Waals surface area (Å²) >= 11 is 1.61. The lowest BCUT2D eigenvalue weighted by Crippen LogP contribution is -2.33. The van der Waals surface area contributed by atoms with Crippen molar-refractivity contribution < 1.29 is 9.90 Å². The molecule has 162 valence electrons. The van der Waals surface area contributed by atoms with Crippen molar-refractivity contribution in [2.75, 3.05) is 31.1 Å². The van der Waals surface area contributed by atoms with Gasteiger partial charge in [0.1, 0.15) is 0 Å². The van der Waals surface area contributed by atoms with Crippen molar-refractivity contribution >= 4 is 23.0 Å². The second kappa shape index (κ2) is 7.33. The first-order valence-corrected chi connectivity index (χ1v) is 11.7. The lowest BCUT2D eigenvalue weighted by molar-refractivity contribution is 0.0696. The number of nitrogens with two attached hydrogens (primary N) is 1. The van der Waals surface area contributed by atoms with E-state index in [2.05, 4.69) is 24.8 Å². The number of fused-ring (bicyclic) bond motifs is 2. The monoisotopic (exact) mass is 436 g/mol. The number of nitrogens with zero attached hydrogens (tertiary/aromatic N) is 3. The molecule has 5 rings (SSSR count). The Balaban J connectivity index is 1.62. The predicted molar refractivity (Wildman–Crippen MR) is 122 cm³/mol. The third-order valence-electron chi connectivity index (χ3n) is 7.21. The molecule has 3 heterocycles. The van der Waals surface area contributed by atoms with Gasteiger partial charge in [-0.1, -0.05) is 13.8 Å². The Hall–Kier alpha value is -2.40. The van der Waals surface area contributed by atoms with Crippen molar-refractivity contribution in [1.82, 2.24) is 5.01 Å². The zero-order valence-electron chi connectivity index (χ0n) is 18.0. The second-order valence-electron chi connectivity index (χ2n) is 10.1. The topological polar surface area (TPSA) is 93.6 Å². The Morgan fingerprint density at radius 2 is 1.97 bits per heavy atom. The molecule has 0 radical (unpaired) electrons. The first-order valence-electron chi connectivity index (χ1n) is 10.9. The highest BCUT2D eigenvalue weighted by Crippen LogP contribution is 2.48. The van der Waals surface area contributed by atoms with Crippen LogP contribution in [0.4, 0.5) is 5.69 Å². The van der Waals surface area contributed by atoms with Gasteiger partial charge in [0.2, 0.25) is 0 Å². The van der Waals surface area contributed by atoms with Gasteiger partial charge in [0.15, 0.2) is 0 Å². The highest BCUT2D eigenvalue weighted by atomic mass is 32.1. The van der Waals surface area contributed by atoms with E-state index in [0.29, 0.717) is 23.0 Å². The maximum absolute atomic E-state index is 12.4. The van der Waals surface area contributed by atoms with Gasteiger partial charge in [0.05, 0.1) is 22.1 Å². The minimum Gasteiger partial charge on any atom is -0.478 e. The van der Waals surface area contributed by atoms with Crippen molar-refractivity contribution in [2.45, 2.75) is 33.1 Å². The molecule has 31 heavy (non-hydrogen) atoms. The molecular formula is C24H28N4O2S. The van der Waals surface area contributed by atoms with E-state index in [0.717, 1.165) is 67.1 Å². The van der Waals surface area contributed by atoms with Crippen LogP contribution in [0.25, 0.3) is 10.4 Å². The molecule has 3 N–H and O–H groups in total. The number of hydrogen-bond acceptors (Lipinski definition) is 6. The lowest BCUT2D eigenvalue weighted by Gasteiger charge is -2.29. The quantitative estimate of drug-likeness (QED) is 0.712. The van der Waals surface area contributed by atoms with Crippen LogP contribution < -0.4 is 10.7 Å². The van der Waals surface area contributed by atoms with Crippen LogP contribution in [0.2, 0.25) is 0 Å². The number of carbonyl (C=O) groups is 1. The maximum Gasteiger partial charge on any atom is 0.337 e. The van der Waals surface area contributed by atoms with Crippen LogP contribution in [0, 0.1) is 28.6 Å². The summed E-state index contributed by atoms with van der Waals surface area (Å²) in [5, 5.41) is 21.6. The van der Waals surface area contributed by atoms with E-state index < -0.39 is 5.97 Å². The number of aryl methyl sites for hydroxylation is 1. The molecule has 1 aromatic carbocycles. The van der Waals surface area contributed by atoms with Crippen LogP contribution in [0.1, 0.15) is 46.6 Å². The third kappa shape index (κ3) is 3.53. The SMILES string of the molecule is CC1(C)CCc2sc(-c3cc(C#N)ccc3N3CC4CN(N)CC4C3)c(C(=O)O)c2C1. The smallest absolute Gasteiger partial charge is 0.337 e. The molecule has 0 amide bonds. The maximum atomic E-state index is 12.4. The zero-order valence-corrected chi connectivity index (χ0v) is 18.8. The van der Waals surface area contributed by atoms with Crippen LogP contribution in [-0.2, 0) is 12.8 Å². The molecule has 0 saturated carbocycles. The molecule has 2 aromatic rings. The first-order chi connectivity index (χ1) is 14.8. The van der Waals surface area contributed by atoms with Gasteiger partial charge in [-0.3, -0.25) is 5.84 Å². The van der Waals surface area contributed by atoms with Crippen LogP contribution in [0.5, 0.6) is 0 Å². The fourth-order valence-electron chi connectivity index (χ4n) is 5.63. The summed E-state index contributed by atoms with van der Waals surface area (Å²) < 4.78 is 0. The standard InChI is InChI=1S/C24H28N4O2S/c1-24(2)6-5-20-18(8-24)21(23(29)30)22(31-20)17-7-14(9-25)3-4-19(17)27-10-15-12-28(26)13-16(15)11-27/h3-4,7,15-16H,5-6,8,10-13,26H2,1-2H3,(H,29,30). The summed E-state index contributed by atoms with van der Waals surface area (Å²) in [6.07, 6.45) is 2.77. The van der Waals surface area contributed by atoms with Crippen LogP contribution in [0.15, 0.2) is 18.2 Å². The fraction of sp³-hybridized carbons (Fsp3) is 0.500. The number of anilines is 1. The molecule has 2 atom stereocenters. The van der Waals surface area contributed by atoms with Crippen LogP contribution >= 0.6 is 11.3 Å². The predicted octanol–water partition coefficient (Wildman–Crippen LogP) is 3.74. The number of hydrazine groups is 1. The van der Waals surface area contributed by atoms with E-state index in [-0.39, 0.29) is 5.41 Å². The van der Waals surface area contributed by atoms with Crippen LogP contribution in [0.3, 0.4) is 0 Å². The van der Waals surface area contributed by atoms with Crippen molar-refractivity contribution in [2.24, 2.45) is 23.1 Å². The third-order valence-corrected chi connectivity index (χ3v) is 8.54. The highest BCUT2D eigenvalue weighted by molar-refractivity contribution is 7.16. The largest absolute Gasteiger partial charge is 0.478 e. The van der Waals surface area contributed by atoms with Crippen molar-refractivity contribution in [1.29, 1.82) is 5.26 Å². The number of hydrogen-bond donors (Lipinski definition) is 2. The Morgan fingerprint density at radius 3 is 2.61 bits per heavy atom. The number of carboxylic acid groups (broad SMARTS) is 1. The molecule has 2 aliphatic heterocycles. The summed E-state index contributed by atoms with van der Waals surface area (Å²) in [5.41, 5.74) is 4.03. The van der Waals surface area contributed by atoms with E-state index in [4.69, 9.17) is 5.84 Å². The van der Waals surface area contributed by atoms with E-state index in [1.807, 2.05) is 23.2 Å². The fourth-order valence-corrected chi connectivity index (χ4v) is 6.96. The van der Waals surface area contributed by atoms with E-state index in [1.54, 1.807) is 11.3 Å². The molecule has 3 aliphatic rings. The molecule has 0 spiro atoms. The number of benzene rings is 1. The number of rotatable bonds is 3. The Morgan fingerprint density at radius 1 is 1.26 bits per heavy atom. The molecule has 6 nitrogen and oxygen atoms in total. The van der Waals surface area contributed by atoms with Gasteiger partial charge in [-0.25, -0.2) is 9.80 Å². The molecule has 7 heteroatoms. The number of thiophene rings is 1. The second-order valence-corrected chi connectivity index (χ2v) is 11.2. The normalized spacial score (nSPS) is 24.6. The molecule has 1 aliphatic carbocycles. The Labute approximate surface area is 186 Å². The van der Waals surface area contributed by atoms with E-state index >= 15 is 0 Å². The molecule has 0 bridgehead atoms. The number of aromatic carboxylic acids is 1. The zero-order chi connectivity index (χ0) is 21.9. The first kappa shape index (κ1) is 20.5. The van der Waals surface area contributed by atoms with Crippen molar-refractivity contribution in [3.8, 4) is 16.5 Å². The summed E-state index contributed by atoms with van der Waals surface area (Å²) in [6.45, 7) is 8.05. The van der Waals surface area contributed by atoms with Gasteiger partial charge in [0, 0.05) is 42.3 Å². The Kier molecular flexibility index (Phi) is 4.85.